The molecule has 22 heavy (non-hydrogen) atoms. The minimum atomic E-state index is -0.497. The first-order valence-corrected chi connectivity index (χ1v) is 8.30. The summed E-state index contributed by atoms with van der Waals surface area (Å²) < 4.78 is 10.4. The van der Waals surface area contributed by atoms with Crippen LogP contribution in [-0.4, -0.2) is 24.1 Å². The van der Waals surface area contributed by atoms with Gasteiger partial charge in [-0.3, -0.25) is 0 Å². The van der Waals surface area contributed by atoms with Crippen molar-refractivity contribution in [1.29, 1.82) is 0 Å². The first kappa shape index (κ1) is 20.7. The SMILES string of the molecule is CC(C)CCC(C)OC(=O)/C=C/C(=O)OC(C)CCC(C)C. The summed E-state index contributed by atoms with van der Waals surface area (Å²) in [5.41, 5.74) is 0. The van der Waals surface area contributed by atoms with Crippen LogP contribution in [0.2, 0.25) is 0 Å². The van der Waals surface area contributed by atoms with Crippen molar-refractivity contribution in [3.8, 4) is 0 Å². The van der Waals surface area contributed by atoms with E-state index in [1.807, 2.05) is 13.8 Å². The molecule has 0 rings (SSSR count). The molecule has 2 atom stereocenters. The molecule has 4 heteroatoms. The van der Waals surface area contributed by atoms with E-state index in [0.717, 1.165) is 37.8 Å². The molecule has 0 heterocycles. The number of ether oxygens (including phenoxy) is 2. The monoisotopic (exact) mass is 312 g/mol. The molecule has 0 aliphatic carbocycles. The predicted molar refractivity (Wildman–Crippen MR) is 88.4 cm³/mol. The molecule has 0 N–H and O–H groups in total. The Morgan fingerprint density at radius 1 is 0.682 bits per heavy atom. The van der Waals surface area contributed by atoms with Crippen LogP contribution in [-0.2, 0) is 19.1 Å². The fourth-order valence-corrected chi connectivity index (χ4v) is 1.87. The minimum Gasteiger partial charge on any atom is -0.460 e. The normalized spacial score (nSPS) is 14.4. The van der Waals surface area contributed by atoms with E-state index in [-0.39, 0.29) is 12.2 Å². The number of hydrogen-bond acceptors (Lipinski definition) is 4. The quantitative estimate of drug-likeness (QED) is 0.446. The van der Waals surface area contributed by atoms with E-state index >= 15 is 0 Å². The Hall–Kier alpha value is -1.32. The third-order valence-electron chi connectivity index (χ3n) is 3.29. The van der Waals surface area contributed by atoms with E-state index < -0.39 is 11.9 Å². The molecule has 128 valence electrons. The Balaban J connectivity index is 4.02. The lowest BCUT2D eigenvalue weighted by Gasteiger charge is -2.13. The lowest BCUT2D eigenvalue weighted by atomic mass is 10.1. The van der Waals surface area contributed by atoms with E-state index in [0.29, 0.717) is 11.8 Å². The van der Waals surface area contributed by atoms with E-state index in [9.17, 15) is 9.59 Å². The molecular weight excluding hydrogens is 280 g/mol. The molecule has 2 unspecified atom stereocenters. The summed E-state index contributed by atoms with van der Waals surface area (Å²) in [6.45, 7) is 12.2. The third-order valence-corrected chi connectivity index (χ3v) is 3.29. The maximum Gasteiger partial charge on any atom is 0.331 e. The van der Waals surface area contributed by atoms with Gasteiger partial charge in [-0.05, 0) is 51.4 Å². The Bertz CT molecular complexity index is 324. The van der Waals surface area contributed by atoms with Crippen molar-refractivity contribution in [2.75, 3.05) is 0 Å². The molecule has 0 radical (unpaired) electrons. The molecule has 0 bridgehead atoms. The van der Waals surface area contributed by atoms with E-state index in [1.165, 1.54) is 0 Å². The van der Waals surface area contributed by atoms with Gasteiger partial charge in [0.15, 0.2) is 0 Å². The van der Waals surface area contributed by atoms with E-state index in [1.54, 1.807) is 0 Å². The Labute approximate surface area is 135 Å². The average molecular weight is 312 g/mol. The molecule has 4 nitrogen and oxygen atoms in total. The zero-order chi connectivity index (χ0) is 17.1. The molecular formula is C18H32O4. The van der Waals surface area contributed by atoms with Crippen LogP contribution in [0.4, 0.5) is 0 Å². The maximum absolute atomic E-state index is 11.6. The van der Waals surface area contributed by atoms with Gasteiger partial charge in [-0.2, -0.15) is 0 Å². The molecule has 0 spiro atoms. The van der Waals surface area contributed by atoms with Crippen LogP contribution in [0.15, 0.2) is 12.2 Å². The van der Waals surface area contributed by atoms with Crippen molar-refractivity contribution in [2.45, 2.75) is 79.4 Å². The van der Waals surface area contributed by atoms with Crippen LogP contribution >= 0.6 is 0 Å². The van der Waals surface area contributed by atoms with Gasteiger partial charge in [0.2, 0.25) is 0 Å². The van der Waals surface area contributed by atoms with Crippen LogP contribution in [0.5, 0.6) is 0 Å². The molecule has 0 amide bonds. The van der Waals surface area contributed by atoms with Crippen molar-refractivity contribution >= 4 is 11.9 Å². The van der Waals surface area contributed by atoms with Crippen LogP contribution < -0.4 is 0 Å². The highest BCUT2D eigenvalue weighted by Crippen LogP contribution is 2.10. The molecule has 0 saturated heterocycles. The van der Waals surface area contributed by atoms with Crippen LogP contribution in [0.1, 0.15) is 67.2 Å². The summed E-state index contributed by atoms with van der Waals surface area (Å²) in [5, 5.41) is 0. The topological polar surface area (TPSA) is 52.6 Å². The van der Waals surface area contributed by atoms with Gasteiger partial charge >= 0.3 is 11.9 Å². The summed E-state index contributed by atoms with van der Waals surface area (Å²) >= 11 is 0. The molecule has 0 aliphatic heterocycles. The molecule has 0 aliphatic rings. The summed E-state index contributed by atoms with van der Waals surface area (Å²) in [7, 11) is 0. The van der Waals surface area contributed by atoms with Gasteiger partial charge in [0.05, 0.1) is 12.2 Å². The number of hydrogen-bond donors (Lipinski definition) is 0. The van der Waals surface area contributed by atoms with Gasteiger partial charge in [0.1, 0.15) is 0 Å². The second kappa shape index (κ2) is 11.3. The second-order valence-electron chi connectivity index (χ2n) is 6.77. The number of rotatable bonds is 10. The van der Waals surface area contributed by atoms with Gasteiger partial charge in [-0.1, -0.05) is 27.7 Å². The van der Waals surface area contributed by atoms with Gasteiger partial charge in [-0.15, -0.1) is 0 Å². The van der Waals surface area contributed by atoms with Crippen LogP contribution in [0.3, 0.4) is 0 Å². The van der Waals surface area contributed by atoms with Crippen LogP contribution in [0, 0.1) is 11.8 Å². The molecule has 0 aromatic carbocycles. The first-order valence-electron chi connectivity index (χ1n) is 8.30. The number of carbonyl (C=O) groups is 2. The fraction of sp³-hybridized carbons (Fsp3) is 0.778. The lowest BCUT2D eigenvalue weighted by Crippen LogP contribution is -2.16. The van der Waals surface area contributed by atoms with Gasteiger partial charge in [-0.25, -0.2) is 9.59 Å². The van der Waals surface area contributed by atoms with E-state index in [2.05, 4.69) is 27.7 Å². The largest absolute Gasteiger partial charge is 0.460 e. The predicted octanol–water partition coefficient (Wildman–Crippen LogP) is 4.28. The van der Waals surface area contributed by atoms with Crippen molar-refractivity contribution in [2.24, 2.45) is 11.8 Å². The zero-order valence-corrected chi connectivity index (χ0v) is 14.9. The molecule has 0 fully saturated rings. The van der Waals surface area contributed by atoms with Crippen LogP contribution in [0.25, 0.3) is 0 Å². The maximum atomic E-state index is 11.6. The Morgan fingerprint density at radius 3 is 1.27 bits per heavy atom. The van der Waals surface area contributed by atoms with E-state index in [4.69, 9.17) is 9.47 Å². The lowest BCUT2D eigenvalue weighted by molar-refractivity contribution is -0.145. The Kier molecular flexibility index (Phi) is 10.6. The Morgan fingerprint density at radius 2 is 1.00 bits per heavy atom. The highest BCUT2D eigenvalue weighted by atomic mass is 16.5. The first-order chi connectivity index (χ1) is 10.2. The van der Waals surface area contributed by atoms with Gasteiger partial charge in [0.25, 0.3) is 0 Å². The van der Waals surface area contributed by atoms with Gasteiger partial charge in [0, 0.05) is 12.2 Å². The number of carbonyl (C=O) groups excluding carboxylic acids is 2. The summed E-state index contributed by atoms with van der Waals surface area (Å²) in [6, 6.07) is 0. The van der Waals surface area contributed by atoms with Crippen molar-refractivity contribution < 1.29 is 19.1 Å². The molecule has 0 aromatic heterocycles. The van der Waals surface area contributed by atoms with Gasteiger partial charge < -0.3 is 9.47 Å². The van der Waals surface area contributed by atoms with Crippen molar-refractivity contribution in [3.05, 3.63) is 12.2 Å². The zero-order valence-electron chi connectivity index (χ0n) is 14.9. The highest BCUT2D eigenvalue weighted by Gasteiger charge is 2.10. The highest BCUT2D eigenvalue weighted by molar-refractivity contribution is 5.91. The fourth-order valence-electron chi connectivity index (χ4n) is 1.87. The van der Waals surface area contributed by atoms with Crippen molar-refractivity contribution in [3.63, 3.8) is 0 Å². The average Bonchev–Trinajstić information content (AvgIpc) is 2.40. The second-order valence-corrected chi connectivity index (χ2v) is 6.77. The molecule has 0 saturated carbocycles. The third kappa shape index (κ3) is 12.4. The van der Waals surface area contributed by atoms with Crippen molar-refractivity contribution in [1.82, 2.24) is 0 Å². The number of esters is 2. The minimum absolute atomic E-state index is 0.138. The molecule has 0 aromatic rings. The standard InChI is InChI=1S/C18H32O4/c1-13(2)7-9-15(5)21-17(19)11-12-18(20)22-16(6)10-8-14(3)4/h11-16H,7-10H2,1-6H3/b12-11+. The summed E-state index contributed by atoms with van der Waals surface area (Å²) in [5.74, 6) is 0.170. The summed E-state index contributed by atoms with van der Waals surface area (Å²) in [4.78, 5) is 23.2. The summed E-state index contributed by atoms with van der Waals surface area (Å²) in [6.07, 6.45) is 5.68. The smallest absolute Gasteiger partial charge is 0.331 e.